The summed E-state index contributed by atoms with van der Waals surface area (Å²) in [7, 11) is 0. The molecule has 0 spiro atoms. The first-order valence-electron chi connectivity index (χ1n) is 7.92. The van der Waals surface area contributed by atoms with Crippen molar-refractivity contribution in [1.82, 2.24) is 0 Å². The first-order chi connectivity index (χ1) is 10.6. The number of amides is 1. The van der Waals surface area contributed by atoms with E-state index in [0.29, 0.717) is 0 Å². The van der Waals surface area contributed by atoms with Gasteiger partial charge in [-0.05, 0) is 43.7 Å². The summed E-state index contributed by atoms with van der Waals surface area (Å²) in [5.41, 5.74) is 2.87. The van der Waals surface area contributed by atoms with Crippen LogP contribution in [-0.4, -0.2) is 14.5 Å². The number of hydrogen-bond donors (Lipinski definition) is 1. The van der Waals surface area contributed by atoms with Crippen molar-refractivity contribution in [2.45, 2.75) is 49.1 Å². The summed E-state index contributed by atoms with van der Waals surface area (Å²) in [4.78, 5) is 13.4. The van der Waals surface area contributed by atoms with Gasteiger partial charge in [0, 0.05) is 15.9 Å². The number of carbonyl (C=O) groups is 1. The standard InChI is InChI=1S/C18H22Br3NO/c1-10-5-6-12(11(2)9-10)22-15(23)18-8-7-17(13(18)19,14(20)21)16(18,3)4/h5-6,9,13-14H,7-8H2,1-4H3,(H,22,23)/t13-,17-,18-/m0/s1. The van der Waals surface area contributed by atoms with Gasteiger partial charge in [-0.25, -0.2) is 0 Å². The van der Waals surface area contributed by atoms with E-state index in [-0.39, 0.29) is 30.7 Å². The Labute approximate surface area is 163 Å². The highest BCUT2D eigenvalue weighted by atomic mass is 79.9. The van der Waals surface area contributed by atoms with Crippen molar-refractivity contribution in [2.75, 3.05) is 5.32 Å². The summed E-state index contributed by atoms with van der Waals surface area (Å²) in [6.07, 6.45) is 1.96. The van der Waals surface area contributed by atoms with Crippen LogP contribution in [0.5, 0.6) is 0 Å². The predicted octanol–water partition coefficient (Wildman–Crippen LogP) is 5.93. The lowest BCUT2D eigenvalue weighted by atomic mass is 9.43. The van der Waals surface area contributed by atoms with Gasteiger partial charge in [-0.2, -0.15) is 0 Å². The quantitative estimate of drug-likeness (QED) is 0.505. The average Bonchev–Trinajstić information content (AvgIpc) is 2.91. The molecule has 2 nitrogen and oxygen atoms in total. The maximum Gasteiger partial charge on any atom is 0.232 e. The number of halogens is 3. The highest BCUT2D eigenvalue weighted by Crippen LogP contribution is 2.82. The Morgan fingerprint density at radius 2 is 1.91 bits per heavy atom. The van der Waals surface area contributed by atoms with Crippen molar-refractivity contribution in [3.8, 4) is 0 Å². The van der Waals surface area contributed by atoms with Crippen molar-refractivity contribution in [2.24, 2.45) is 16.2 Å². The number of aryl methyl sites for hydroxylation is 2. The van der Waals surface area contributed by atoms with Gasteiger partial charge in [-0.1, -0.05) is 79.3 Å². The van der Waals surface area contributed by atoms with Crippen LogP contribution in [0.4, 0.5) is 5.69 Å². The molecule has 5 heteroatoms. The summed E-state index contributed by atoms with van der Waals surface area (Å²) in [5, 5.41) is 3.20. The first-order valence-corrected chi connectivity index (χ1v) is 10.7. The number of alkyl halides is 3. The van der Waals surface area contributed by atoms with Gasteiger partial charge in [-0.3, -0.25) is 4.79 Å². The van der Waals surface area contributed by atoms with Crippen LogP contribution < -0.4 is 5.32 Å². The minimum atomic E-state index is -0.357. The van der Waals surface area contributed by atoms with Gasteiger partial charge in [0.2, 0.25) is 5.91 Å². The Hall–Kier alpha value is 0.130. The minimum absolute atomic E-state index is 0.0622. The van der Waals surface area contributed by atoms with Crippen LogP contribution in [0.3, 0.4) is 0 Å². The molecule has 1 aromatic rings. The summed E-state index contributed by atoms with van der Waals surface area (Å²) in [6, 6.07) is 6.16. The molecule has 0 unspecified atom stereocenters. The molecular weight excluding hydrogens is 486 g/mol. The van der Waals surface area contributed by atoms with E-state index in [1.54, 1.807) is 0 Å². The zero-order valence-electron chi connectivity index (χ0n) is 13.8. The molecule has 1 amide bonds. The van der Waals surface area contributed by atoms with E-state index >= 15 is 0 Å². The topological polar surface area (TPSA) is 29.1 Å². The van der Waals surface area contributed by atoms with Crippen LogP contribution in [0, 0.1) is 30.1 Å². The largest absolute Gasteiger partial charge is 0.325 e. The SMILES string of the molecule is Cc1ccc(NC(=O)[C@]23CC[C@@](C(Br)Br)([C@@H]2Br)C3(C)C)c(C)c1. The molecule has 2 bridgehead atoms. The maximum absolute atomic E-state index is 13.2. The fourth-order valence-corrected chi connectivity index (χ4v) is 9.80. The molecule has 4 rings (SSSR count). The Bertz CT molecular complexity index is 672. The lowest BCUT2D eigenvalue weighted by Gasteiger charge is -2.66. The fourth-order valence-electron chi connectivity index (χ4n) is 4.89. The van der Waals surface area contributed by atoms with Crippen LogP contribution >= 0.6 is 47.8 Å². The van der Waals surface area contributed by atoms with E-state index in [2.05, 4.69) is 79.9 Å². The minimum Gasteiger partial charge on any atom is -0.325 e. The third kappa shape index (κ3) is 2.05. The van der Waals surface area contributed by atoms with E-state index in [9.17, 15) is 4.79 Å². The highest BCUT2D eigenvalue weighted by molar-refractivity contribution is 9.24. The Morgan fingerprint density at radius 1 is 1.26 bits per heavy atom. The Kier molecular flexibility index (Phi) is 4.34. The fraction of sp³-hybridized carbons (Fsp3) is 0.611. The number of fused-ring (bicyclic) bond motifs is 1. The summed E-state index contributed by atoms with van der Waals surface area (Å²) in [5.74, 6) is 0.144. The predicted molar refractivity (Wildman–Crippen MR) is 107 cm³/mol. The molecule has 0 heterocycles. The monoisotopic (exact) mass is 505 g/mol. The maximum atomic E-state index is 13.2. The summed E-state index contributed by atoms with van der Waals surface area (Å²) >= 11 is 11.3. The second kappa shape index (κ2) is 5.57. The van der Waals surface area contributed by atoms with Crippen molar-refractivity contribution in [3.63, 3.8) is 0 Å². The Balaban J connectivity index is 1.92. The summed E-state index contributed by atoms with van der Waals surface area (Å²) < 4.78 is 0.200. The number of hydrogen-bond acceptors (Lipinski definition) is 1. The van der Waals surface area contributed by atoms with E-state index < -0.39 is 0 Å². The number of anilines is 1. The zero-order chi connectivity index (χ0) is 17.2. The molecule has 23 heavy (non-hydrogen) atoms. The second-order valence-corrected chi connectivity index (χ2v) is 11.5. The highest BCUT2D eigenvalue weighted by Gasteiger charge is 2.83. The van der Waals surface area contributed by atoms with Crippen LogP contribution in [0.25, 0.3) is 0 Å². The first kappa shape index (κ1) is 17.9. The number of rotatable bonds is 3. The van der Waals surface area contributed by atoms with E-state index in [4.69, 9.17) is 0 Å². The van der Waals surface area contributed by atoms with Crippen molar-refractivity contribution >= 4 is 59.4 Å². The van der Waals surface area contributed by atoms with E-state index in [0.717, 1.165) is 24.1 Å². The second-order valence-electron chi connectivity index (χ2n) is 7.57. The van der Waals surface area contributed by atoms with Crippen LogP contribution in [0.15, 0.2) is 18.2 Å². The van der Waals surface area contributed by atoms with Crippen LogP contribution in [0.2, 0.25) is 0 Å². The summed E-state index contributed by atoms with van der Waals surface area (Å²) in [6.45, 7) is 8.58. The third-order valence-electron chi connectivity index (χ3n) is 6.52. The molecular formula is C18H22Br3NO. The number of benzene rings is 1. The molecule has 0 radical (unpaired) electrons. The normalized spacial score (nSPS) is 34.3. The molecule has 3 atom stereocenters. The number of carbonyl (C=O) groups excluding carboxylic acids is 1. The van der Waals surface area contributed by atoms with Crippen LogP contribution in [0.1, 0.15) is 37.8 Å². The molecule has 1 N–H and O–H groups in total. The van der Waals surface area contributed by atoms with Gasteiger partial charge in [0.25, 0.3) is 0 Å². The third-order valence-corrected chi connectivity index (χ3v) is 9.75. The van der Waals surface area contributed by atoms with Gasteiger partial charge in [0.15, 0.2) is 0 Å². The zero-order valence-corrected chi connectivity index (χ0v) is 18.6. The lowest BCUT2D eigenvalue weighted by Crippen LogP contribution is -2.71. The molecule has 0 aromatic heterocycles. The van der Waals surface area contributed by atoms with E-state index in [1.807, 2.05) is 19.1 Å². The molecule has 3 aliphatic rings. The molecule has 1 aromatic carbocycles. The lowest BCUT2D eigenvalue weighted by molar-refractivity contribution is -0.155. The molecule has 0 saturated heterocycles. The van der Waals surface area contributed by atoms with Crippen molar-refractivity contribution < 1.29 is 4.79 Å². The van der Waals surface area contributed by atoms with Crippen molar-refractivity contribution in [3.05, 3.63) is 29.3 Å². The van der Waals surface area contributed by atoms with Gasteiger partial charge >= 0.3 is 0 Å². The average molecular weight is 508 g/mol. The van der Waals surface area contributed by atoms with Gasteiger partial charge in [-0.15, -0.1) is 0 Å². The van der Waals surface area contributed by atoms with Gasteiger partial charge in [0.05, 0.1) is 9.15 Å². The van der Waals surface area contributed by atoms with E-state index in [1.165, 1.54) is 5.56 Å². The Morgan fingerprint density at radius 3 is 2.39 bits per heavy atom. The van der Waals surface area contributed by atoms with Crippen LogP contribution in [-0.2, 0) is 4.79 Å². The molecule has 3 fully saturated rings. The molecule has 126 valence electrons. The smallest absolute Gasteiger partial charge is 0.232 e. The number of nitrogens with one attached hydrogen (secondary N) is 1. The van der Waals surface area contributed by atoms with Gasteiger partial charge in [0.1, 0.15) is 0 Å². The molecule has 3 saturated carbocycles. The molecule has 0 aliphatic heterocycles. The molecule has 3 aliphatic carbocycles. The van der Waals surface area contributed by atoms with Crippen molar-refractivity contribution in [1.29, 1.82) is 0 Å². The van der Waals surface area contributed by atoms with Gasteiger partial charge < -0.3 is 5.32 Å².